The van der Waals surface area contributed by atoms with E-state index in [1.807, 2.05) is 12.4 Å². The van der Waals surface area contributed by atoms with Gasteiger partial charge in [-0.25, -0.2) is 13.1 Å². The van der Waals surface area contributed by atoms with Crippen LogP contribution < -0.4 is 10.0 Å². The molecule has 0 saturated carbocycles. The van der Waals surface area contributed by atoms with Crippen LogP contribution in [0.2, 0.25) is 0 Å². The molecule has 0 aliphatic rings. The highest BCUT2D eigenvalue weighted by molar-refractivity contribution is 7.91. The van der Waals surface area contributed by atoms with E-state index >= 15 is 0 Å². The van der Waals surface area contributed by atoms with Crippen molar-refractivity contribution in [2.75, 3.05) is 26.8 Å². The first kappa shape index (κ1) is 17.6. The number of hydrogen-bond donors (Lipinski definition) is 2. The lowest BCUT2D eigenvalue weighted by molar-refractivity contribution is 0.108. The summed E-state index contributed by atoms with van der Waals surface area (Å²) in [6, 6.07) is 1.71. The van der Waals surface area contributed by atoms with E-state index in [2.05, 4.69) is 23.9 Å². The fraction of sp³-hybridized carbons (Fsp3) is 0.692. The third-order valence-corrected chi connectivity index (χ3v) is 5.43. The van der Waals surface area contributed by atoms with Crippen molar-refractivity contribution in [2.24, 2.45) is 5.92 Å². The van der Waals surface area contributed by atoms with Crippen LogP contribution in [0.4, 0.5) is 0 Å². The molecule has 0 saturated heterocycles. The molecule has 7 heteroatoms. The molecule has 0 aromatic carbocycles. The number of hydrogen-bond acceptors (Lipinski definition) is 5. The Kier molecular flexibility index (Phi) is 7.68. The van der Waals surface area contributed by atoms with Gasteiger partial charge in [-0.3, -0.25) is 0 Å². The van der Waals surface area contributed by atoms with E-state index in [4.69, 9.17) is 4.74 Å². The van der Waals surface area contributed by atoms with Crippen LogP contribution in [0.1, 0.15) is 25.8 Å². The molecular weight excluding hydrogens is 296 g/mol. The summed E-state index contributed by atoms with van der Waals surface area (Å²) in [5.41, 5.74) is 0.984. The van der Waals surface area contributed by atoms with Crippen molar-refractivity contribution in [1.29, 1.82) is 0 Å². The predicted octanol–water partition coefficient (Wildman–Crippen LogP) is 1.81. The first-order valence-electron chi connectivity index (χ1n) is 6.75. The summed E-state index contributed by atoms with van der Waals surface area (Å²) < 4.78 is 32.4. The lowest BCUT2D eigenvalue weighted by Crippen LogP contribution is -2.25. The molecule has 0 aliphatic carbocycles. The standard InChI is InChI=1S/C13H24N2O3S2/c1-11(2)9-18-6-4-5-15-20(16,17)13-7-12(8-14-3)10-19-13/h7,10-11,14-15H,4-6,8-9H2,1-3H3. The van der Waals surface area contributed by atoms with Crippen molar-refractivity contribution in [2.45, 2.75) is 31.0 Å². The van der Waals surface area contributed by atoms with Crippen molar-refractivity contribution in [1.82, 2.24) is 10.0 Å². The van der Waals surface area contributed by atoms with Crippen molar-refractivity contribution >= 4 is 21.4 Å². The molecule has 1 aromatic rings. The minimum absolute atomic E-state index is 0.367. The van der Waals surface area contributed by atoms with E-state index in [1.165, 1.54) is 11.3 Å². The molecule has 0 amide bonds. The Morgan fingerprint density at radius 1 is 1.40 bits per heavy atom. The van der Waals surface area contributed by atoms with E-state index in [-0.39, 0.29) is 0 Å². The van der Waals surface area contributed by atoms with Gasteiger partial charge >= 0.3 is 0 Å². The van der Waals surface area contributed by atoms with Crippen molar-refractivity contribution in [3.63, 3.8) is 0 Å². The molecule has 0 fully saturated rings. The summed E-state index contributed by atoms with van der Waals surface area (Å²) in [6.07, 6.45) is 0.681. The highest BCUT2D eigenvalue weighted by Crippen LogP contribution is 2.19. The molecule has 0 atom stereocenters. The molecule has 1 aromatic heterocycles. The Hall–Kier alpha value is -0.470. The van der Waals surface area contributed by atoms with Crippen LogP contribution in [0.15, 0.2) is 15.7 Å². The molecule has 20 heavy (non-hydrogen) atoms. The van der Waals surface area contributed by atoms with E-state index in [1.54, 1.807) is 6.07 Å². The van der Waals surface area contributed by atoms with Gasteiger partial charge in [0.1, 0.15) is 4.21 Å². The molecule has 116 valence electrons. The van der Waals surface area contributed by atoms with Gasteiger partial charge in [-0.15, -0.1) is 11.3 Å². The van der Waals surface area contributed by atoms with Crippen LogP contribution >= 0.6 is 11.3 Å². The van der Waals surface area contributed by atoms with Gasteiger partial charge in [0.05, 0.1) is 0 Å². The first-order chi connectivity index (χ1) is 9.45. The molecule has 0 spiro atoms. The van der Waals surface area contributed by atoms with Gasteiger partial charge in [0, 0.05) is 26.3 Å². The average Bonchev–Trinajstić information content (AvgIpc) is 2.83. The summed E-state index contributed by atoms with van der Waals surface area (Å²) in [5, 5.41) is 4.86. The van der Waals surface area contributed by atoms with Gasteiger partial charge in [0.2, 0.25) is 10.0 Å². The summed E-state index contributed by atoms with van der Waals surface area (Å²) in [4.78, 5) is 0. The second-order valence-corrected chi connectivity index (χ2v) is 7.93. The Labute approximate surface area is 125 Å². The smallest absolute Gasteiger partial charge is 0.250 e. The van der Waals surface area contributed by atoms with Crippen molar-refractivity contribution in [3.8, 4) is 0 Å². The number of sulfonamides is 1. The predicted molar refractivity (Wildman–Crippen MR) is 82.5 cm³/mol. The van der Waals surface area contributed by atoms with Crippen LogP contribution in [0.5, 0.6) is 0 Å². The summed E-state index contributed by atoms with van der Waals surface area (Å²) >= 11 is 1.25. The molecule has 0 bridgehead atoms. The zero-order valence-electron chi connectivity index (χ0n) is 12.3. The Morgan fingerprint density at radius 3 is 2.80 bits per heavy atom. The van der Waals surface area contributed by atoms with Crippen LogP contribution in [0, 0.1) is 5.92 Å². The van der Waals surface area contributed by atoms with E-state index < -0.39 is 10.0 Å². The normalized spacial score (nSPS) is 12.2. The molecule has 0 aliphatic heterocycles. The second-order valence-electron chi connectivity index (χ2n) is 5.02. The fourth-order valence-electron chi connectivity index (χ4n) is 1.56. The van der Waals surface area contributed by atoms with Gasteiger partial charge in [0.15, 0.2) is 0 Å². The van der Waals surface area contributed by atoms with Gasteiger partial charge in [-0.1, -0.05) is 13.8 Å². The minimum Gasteiger partial charge on any atom is -0.381 e. The van der Waals surface area contributed by atoms with Gasteiger partial charge in [-0.2, -0.15) is 0 Å². The minimum atomic E-state index is -3.38. The van der Waals surface area contributed by atoms with Crippen LogP contribution in [0.3, 0.4) is 0 Å². The number of ether oxygens (including phenoxy) is 1. The van der Waals surface area contributed by atoms with Crippen LogP contribution in [0.25, 0.3) is 0 Å². The topological polar surface area (TPSA) is 67.4 Å². The summed E-state index contributed by atoms with van der Waals surface area (Å²) in [5.74, 6) is 0.503. The monoisotopic (exact) mass is 320 g/mol. The molecule has 0 unspecified atom stereocenters. The maximum absolute atomic E-state index is 12.0. The van der Waals surface area contributed by atoms with Crippen molar-refractivity contribution in [3.05, 3.63) is 17.0 Å². The summed E-state index contributed by atoms with van der Waals surface area (Å²) in [6.45, 7) is 6.54. The lowest BCUT2D eigenvalue weighted by atomic mass is 10.2. The van der Waals surface area contributed by atoms with Crippen LogP contribution in [-0.2, 0) is 21.3 Å². The van der Waals surface area contributed by atoms with Gasteiger partial charge < -0.3 is 10.1 Å². The Balaban J connectivity index is 2.33. The lowest BCUT2D eigenvalue weighted by Gasteiger charge is -2.07. The van der Waals surface area contributed by atoms with E-state index in [0.717, 1.165) is 5.56 Å². The van der Waals surface area contributed by atoms with E-state index in [9.17, 15) is 8.42 Å². The molecular formula is C13H24N2O3S2. The van der Waals surface area contributed by atoms with E-state index in [0.29, 0.717) is 42.9 Å². The number of rotatable bonds is 10. The summed E-state index contributed by atoms with van der Waals surface area (Å²) in [7, 11) is -1.54. The van der Waals surface area contributed by atoms with Crippen LogP contribution in [-0.4, -0.2) is 35.2 Å². The van der Waals surface area contributed by atoms with Gasteiger partial charge in [-0.05, 0) is 36.4 Å². The average molecular weight is 320 g/mol. The van der Waals surface area contributed by atoms with Gasteiger partial charge in [0.25, 0.3) is 0 Å². The fourth-order valence-corrected chi connectivity index (χ4v) is 3.89. The zero-order valence-corrected chi connectivity index (χ0v) is 13.9. The molecule has 2 N–H and O–H groups in total. The third-order valence-electron chi connectivity index (χ3n) is 2.48. The Morgan fingerprint density at radius 2 is 2.15 bits per heavy atom. The largest absolute Gasteiger partial charge is 0.381 e. The maximum atomic E-state index is 12.0. The highest BCUT2D eigenvalue weighted by Gasteiger charge is 2.15. The van der Waals surface area contributed by atoms with Crippen molar-refractivity contribution < 1.29 is 13.2 Å². The first-order valence-corrected chi connectivity index (χ1v) is 9.11. The SMILES string of the molecule is CNCc1csc(S(=O)(=O)NCCCOCC(C)C)c1. The third kappa shape index (κ3) is 6.32. The number of thiophene rings is 1. The second kappa shape index (κ2) is 8.74. The quantitative estimate of drug-likeness (QED) is 0.645. The zero-order chi connectivity index (χ0) is 15.0. The number of nitrogens with one attached hydrogen (secondary N) is 2. The molecule has 5 nitrogen and oxygen atoms in total. The molecule has 1 rings (SSSR count). The highest BCUT2D eigenvalue weighted by atomic mass is 32.2. The molecule has 0 radical (unpaired) electrons. The maximum Gasteiger partial charge on any atom is 0.250 e. The molecule has 1 heterocycles. The Bertz CT molecular complexity index is 484.